The lowest BCUT2D eigenvalue weighted by atomic mass is 9.53. The highest BCUT2D eigenvalue weighted by Crippen LogP contribution is 2.68. The lowest BCUT2D eigenvalue weighted by Gasteiger charge is -2.51. The molecular weight excluding hydrogens is 1280 g/mol. The van der Waals surface area contributed by atoms with E-state index in [9.17, 15) is 0 Å². The third-order valence-electron chi connectivity index (χ3n) is 26.1. The zero-order valence-corrected chi connectivity index (χ0v) is 60.2. The van der Waals surface area contributed by atoms with Gasteiger partial charge in [0.1, 0.15) is 35.3 Å². The molecule has 1 heterocycles. The van der Waals surface area contributed by atoms with Crippen molar-refractivity contribution in [3.8, 4) is 11.5 Å². The van der Waals surface area contributed by atoms with Crippen LogP contribution >= 0.6 is 0 Å². The van der Waals surface area contributed by atoms with E-state index in [-0.39, 0.29) is 60.7 Å². The van der Waals surface area contributed by atoms with Crippen molar-refractivity contribution < 1.29 is 31.8 Å². The number of hydrogen-bond acceptors (Lipinski definition) is 5. The lowest BCUT2D eigenvalue weighted by Crippen LogP contribution is -2.48. The number of ether oxygens (including phenoxy) is 3. The number of hydrogen-bond donors (Lipinski definition) is 0. The van der Waals surface area contributed by atoms with Crippen LogP contribution in [0.1, 0.15) is 160 Å². The predicted molar refractivity (Wildman–Crippen MR) is 409 cm³/mol. The summed E-state index contributed by atoms with van der Waals surface area (Å²) >= 11 is 0. The third kappa shape index (κ3) is 11.5. The van der Waals surface area contributed by atoms with Crippen LogP contribution in [0.5, 0.6) is 11.5 Å². The fourth-order valence-corrected chi connectivity index (χ4v) is 21.4. The summed E-state index contributed by atoms with van der Waals surface area (Å²) in [6, 6.07) is 13.9. The normalized spacial score (nSPS) is 33.2. The lowest BCUT2D eigenvalue weighted by molar-refractivity contribution is 0.142. The van der Waals surface area contributed by atoms with Crippen molar-refractivity contribution in [2.24, 2.45) is 40.9 Å². The van der Waals surface area contributed by atoms with Gasteiger partial charge in [-0.15, -0.1) is 0 Å². The molecule has 14 aliphatic carbocycles. The van der Waals surface area contributed by atoms with Crippen LogP contribution in [0.25, 0.3) is 0 Å². The maximum atomic E-state index is 16.6. The standard InChI is InChI=1S/C94H96F4N2O3/c1-7-61-27-39-69(40-28-61)101-71-43-31-63(32-44-71)93(79-51-57(3)23-25-59(79)5)77-17-11-9-15-73(77)75-47-35-65(53-81(75)93)99(67-37-49-83(95)85(97)55-67)87-19-13-21-89-91(87)92-88(20-14-22-90(92)103-89)100(68-38-50-84(96)86(98)56-68)66-36-48-76-74-16-10-12-18-78(74)94(82(76)54-66,80-52-58(4)24-26-60(80)6)64-33-45-72(46-34-64)102-70-41-29-62(8-2)30-42-70/h7-11,13,15-17,19-21,24-25,27,29,31-34,36,38-39,41,43-45,48-50,53,55,57,60,66-68,72-73,77,79-80,90,92H,1-2,12,14,18,22-23,26,28,30,35,37,40,42,46-47,51-52,54,56H2,3-6H3. The number of rotatable bonds is 16. The first-order chi connectivity index (χ1) is 50.2. The summed E-state index contributed by atoms with van der Waals surface area (Å²) < 4.78 is 85.4. The number of fused-ring (bicyclic) bond motifs is 6. The SMILES string of the molecule is C=CC1=CC=C(Oc2ccc(C3(C4CC(C)CC=C4C)C4=C(CCC(N(c5cccc6c5C5C(N(C7C=CC(F)=C(F)C7)C7C=CC8=C(C7)C(C7=CCC(OC9=CC=C(C=C)CC9)C=C7)(C7CC(C)=CCC7C)C7=C8C=CCC7)=CCCC5O6)C5C=C(F)C(F)=CC5)=C4)C4C=CC=CC43)cc2)CC1. The van der Waals surface area contributed by atoms with Crippen molar-refractivity contribution in [3.05, 3.63) is 326 Å². The second kappa shape index (κ2) is 27.3. The van der Waals surface area contributed by atoms with Crippen LogP contribution in [0.15, 0.2) is 315 Å². The quantitative estimate of drug-likeness (QED) is 0.124. The molecule has 15 aliphatic rings. The molecule has 9 heteroatoms. The molecule has 0 radical (unpaired) electrons. The fraction of sp³-hybridized carbons (Fsp3) is 0.383. The molecule has 17 rings (SSSR count). The van der Waals surface area contributed by atoms with E-state index in [1.54, 1.807) is 0 Å². The first-order valence-electron chi connectivity index (χ1n) is 38.6. The number of allylic oxidation sites excluding steroid dienone is 35. The molecule has 0 aromatic heterocycles. The van der Waals surface area contributed by atoms with Crippen LogP contribution in [-0.2, 0) is 10.2 Å². The van der Waals surface area contributed by atoms with Gasteiger partial charge >= 0.3 is 0 Å². The second-order valence-corrected chi connectivity index (χ2v) is 31.8. The zero-order valence-electron chi connectivity index (χ0n) is 60.2. The van der Waals surface area contributed by atoms with Crippen LogP contribution in [0.2, 0.25) is 0 Å². The van der Waals surface area contributed by atoms with Crippen molar-refractivity contribution in [1.82, 2.24) is 4.90 Å². The topological polar surface area (TPSA) is 34.2 Å². The van der Waals surface area contributed by atoms with Gasteiger partial charge in [-0.3, -0.25) is 0 Å². The molecule has 0 fully saturated rings. The Hall–Kier alpha value is -8.82. The highest BCUT2D eigenvalue weighted by atomic mass is 19.2. The van der Waals surface area contributed by atoms with Gasteiger partial charge in [0.25, 0.3) is 0 Å². The van der Waals surface area contributed by atoms with E-state index >= 15 is 17.6 Å². The average molecular weight is 1380 g/mol. The van der Waals surface area contributed by atoms with E-state index in [1.807, 2.05) is 18.2 Å². The Balaban J connectivity index is 0.786. The van der Waals surface area contributed by atoms with Crippen LogP contribution in [0, 0.1) is 40.9 Å². The zero-order chi connectivity index (χ0) is 70.4. The van der Waals surface area contributed by atoms with E-state index in [4.69, 9.17) is 14.2 Å². The van der Waals surface area contributed by atoms with Crippen molar-refractivity contribution >= 4 is 5.69 Å². The smallest absolute Gasteiger partial charge is 0.156 e. The number of anilines is 1. The second-order valence-electron chi connectivity index (χ2n) is 31.8. The van der Waals surface area contributed by atoms with E-state index in [0.717, 1.165) is 136 Å². The molecule has 14 unspecified atom stereocenters. The van der Waals surface area contributed by atoms with Gasteiger partial charge in [0.2, 0.25) is 0 Å². The Labute approximate surface area is 607 Å². The summed E-state index contributed by atoms with van der Waals surface area (Å²) in [6.45, 7) is 17.5. The molecule has 0 N–H and O–H groups in total. The van der Waals surface area contributed by atoms with Crippen molar-refractivity contribution in [2.75, 3.05) is 4.90 Å². The van der Waals surface area contributed by atoms with Gasteiger partial charge in [0.05, 0.1) is 29.8 Å². The molecule has 103 heavy (non-hydrogen) atoms. The van der Waals surface area contributed by atoms with E-state index in [2.05, 4.69) is 209 Å². The van der Waals surface area contributed by atoms with E-state index < -0.39 is 46.2 Å². The van der Waals surface area contributed by atoms with Gasteiger partial charge in [-0.2, -0.15) is 0 Å². The summed E-state index contributed by atoms with van der Waals surface area (Å²) in [7, 11) is 0. The number of halogens is 4. The minimum absolute atomic E-state index is 0.0962. The molecule has 0 bridgehead atoms. The summed E-state index contributed by atoms with van der Waals surface area (Å²) in [6.07, 6.45) is 67.8. The Bertz CT molecular complexity index is 4620. The molecule has 1 aliphatic heterocycles. The highest BCUT2D eigenvalue weighted by molar-refractivity contribution is 5.73. The minimum atomic E-state index is -0.863. The summed E-state index contributed by atoms with van der Waals surface area (Å²) in [5.74, 6) is 1.37. The van der Waals surface area contributed by atoms with Gasteiger partial charge in [0, 0.05) is 71.0 Å². The fourth-order valence-electron chi connectivity index (χ4n) is 21.4. The molecule has 5 nitrogen and oxygen atoms in total. The Morgan fingerprint density at radius 2 is 1.46 bits per heavy atom. The van der Waals surface area contributed by atoms with Crippen LogP contribution in [-0.4, -0.2) is 35.2 Å². The molecule has 0 saturated heterocycles. The first kappa shape index (κ1) is 67.4. The van der Waals surface area contributed by atoms with Gasteiger partial charge in [-0.25, -0.2) is 17.6 Å². The Morgan fingerprint density at radius 1 is 0.670 bits per heavy atom. The summed E-state index contributed by atoms with van der Waals surface area (Å²) in [5, 5.41) is 0. The molecule has 2 aromatic carbocycles. The third-order valence-corrected chi connectivity index (χ3v) is 26.1. The van der Waals surface area contributed by atoms with Gasteiger partial charge < -0.3 is 24.0 Å². The number of benzene rings is 2. The molecular formula is C94H96F4N2O3. The van der Waals surface area contributed by atoms with Crippen molar-refractivity contribution in [3.63, 3.8) is 0 Å². The highest BCUT2D eigenvalue weighted by Gasteiger charge is 2.60. The number of nitrogens with zero attached hydrogens (tertiary/aromatic N) is 2. The van der Waals surface area contributed by atoms with Gasteiger partial charge in [0.15, 0.2) is 17.5 Å². The summed E-state index contributed by atoms with van der Waals surface area (Å²) in [5.41, 5.74) is 19.1. The molecule has 0 spiro atoms. The van der Waals surface area contributed by atoms with E-state index in [1.165, 1.54) is 85.1 Å². The largest absolute Gasteiger partial charge is 0.490 e. The molecule has 0 amide bonds. The first-order valence-corrected chi connectivity index (χ1v) is 38.6. The molecule has 14 atom stereocenters. The maximum absolute atomic E-state index is 16.6. The molecule has 0 saturated carbocycles. The van der Waals surface area contributed by atoms with Crippen molar-refractivity contribution in [2.45, 2.75) is 185 Å². The van der Waals surface area contributed by atoms with E-state index in [0.29, 0.717) is 24.7 Å². The maximum Gasteiger partial charge on any atom is 0.156 e. The minimum Gasteiger partial charge on any atom is -0.490 e. The monoisotopic (exact) mass is 1380 g/mol. The van der Waals surface area contributed by atoms with Crippen LogP contribution in [0.3, 0.4) is 0 Å². The van der Waals surface area contributed by atoms with Crippen LogP contribution in [0.4, 0.5) is 23.2 Å². The Kier molecular flexibility index (Phi) is 17.9. The van der Waals surface area contributed by atoms with Crippen LogP contribution < -0.4 is 14.4 Å². The van der Waals surface area contributed by atoms with Crippen molar-refractivity contribution in [1.29, 1.82) is 0 Å². The predicted octanol–water partition coefficient (Wildman–Crippen LogP) is 24.0. The molecule has 2 aromatic rings. The average Bonchev–Trinajstić information content (AvgIpc) is 1.55. The molecule has 528 valence electrons. The van der Waals surface area contributed by atoms with Gasteiger partial charge in [-0.05, 0) is 244 Å². The Morgan fingerprint density at radius 3 is 2.22 bits per heavy atom. The summed E-state index contributed by atoms with van der Waals surface area (Å²) in [4.78, 5) is 4.83. The van der Waals surface area contributed by atoms with Gasteiger partial charge in [-0.1, -0.05) is 171 Å².